The first-order chi connectivity index (χ1) is 12.4. The molecule has 0 unspecified atom stereocenters. The maximum absolute atomic E-state index is 12.6. The number of nitrogens with zero attached hydrogens (tertiary/aromatic N) is 1. The molecule has 1 aromatic carbocycles. The molecule has 1 aliphatic carbocycles. The Morgan fingerprint density at radius 1 is 1.15 bits per heavy atom. The zero-order valence-electron chi connectivity index (χ0n) is 14.9. The largest absolute Gasteiger partial charge is 0.469 e. The van der Waals surface area contributed by atoms with Crippen LogP contribution in [0, 0.1) is 6.92 Å². The molecular weight excluding hydrogens is 352 g/mol. The SMILES string of the molecule is CC(=NNC(=O)c1ccoc1C)c1ccc(S(=O)(=O)C2CCCC2)cc1. The number of benzene rings is 1. The van der Waals surface area contributed by atoms with E-state index < -0.39 is 9.84 Å². The lowest BCUT2D eigenvalue weighted by molar-refractivity contribution is 0.0953. The number of rotatable bonds is 5. The zero-order valence-corrected chi connectivity index (χ0v) is 15.7. The number of hydrogen-bond acceptors (Lipinski definition) is 5. The summed E-state index contributed by atoms with van der Waals surface area (Å²) >= 11 is 0. The van der Waals surface area contributed by atoms with Crippen LogP contribution >= 0.6 is 0 Å². The summed E-state index contributed by atoms with van der Waals surface area (Å²) in [4.78, 5) is 12.4. The molecule has 1 N–H and O–H groups in total. The minimum Gasteiger partial charge on any atom is -0.469 e. The van der Waals surface area contributed by atoms with Gasteiger partial charge in [0.15, 0.2) is 9.84 Å². The number of hydrazone groups is 1. The van der Waals surface area contributed by atoms with Crippen molar-refractivity contribution in [3.63, 3.8) is 0 Å². The first kappa shape index (κ1) is 18.4. The second-order valence-corrected chi connectivity index (χ2v) is 8.73. The molecule has 0 aliphatic heterocycles. The minimum absolute atomic E-state index is 0.263. The Kier molecular flexibility index (Phi) is 5.27. The van der Waals surface area contributed by atoms with Crippen LogP contribution in [-0.2, 0) is 9.84 Å². The fourth-order valence-electron chi connectivity index (χ4n) is 3.16. The summed E-state index contributed by atoms with van der Waals surface area (Å²) in [5.74, 6) is 0.174. The van der Waals surface area contributed by atoms with Crippen LogP contribution in [-0.4, -0.2) is 25.3 Å². The van der Waals surface area contributed by atoms with Gasteiger partial charge in [0.1, 0.15) is 5.76 Å². The van der Waals surface area contributed by atoms with E-state index in [1.54, 1.807) is 44.2 Å². The fraction of sp³-hybridized carbons (Fsp3) is 0.368. The van der Waals surface area contributed by atoms with E-state index in [9.17, 15) is 13.2 Å². The molecule has 2 aromatic rings. The summed E-state index contributed by atoms with van der Waals surface area (Å²) in [5, 5.41) is 3.82. The minimum atomic E-state index is -3.26. The Balaban J connectivity index is 1.71. The molecule has 1 amide bonds. The van der Waals surface area contributed by atoms with Crippen molar-refractivity contribution < 1.29 is 17.6 Å². The predicted octanol–water partition coefficient (Wildman–Crippen LogP) is 3.46. The summed E-state index contributed by atoms with van der Waals surface area (Å²) < 4.78 is 30.3. The summed E-state index contributed by atoms with van der Waals surface area (Å²) in [6.45, 7) is 3.46. The van der Waals surface area contributed by atoms with Crippen LogP contribution in [0.3, 0.4) is 0 Å². The van der Waals surface area contributed by atoms with Gasteiger partial charge in [-0.1, -0.05) is 25.0 Å². The molecule has 26 heavy (non-hydrogen) atoms. The number of carbonyl (C=O) groups excluding carboxylic acids is 1. The van der Waals surface area contributed by atoms with Crippen molar-refractivity contribution in [1.29, 1.82) is 0 Å². The van der Waals surface area contributed by atoms with Crippen molar-refractivity contribution in [3.05, 3.63) is 53.5 Å². The van der Waals surface area contributed by atoms with Crippen molar-refractivity contribution in [2.75, 3.05) is 0 Å². The second-order valence-electron chi connectivity index (χ2n) is 6.50. The number of sulfone groups is 1. The summed E-state index contributed by atoms with van der Waals surface area (Å²) in [6.07, 6.45) is 4.88. The highest BCUT2D eigenvalue weighted by Crippen LogP contribution is 2.29. The third kappa shape index (κ3) is 3.72. The van der Waals surface area contributed by atoms with Crippen LogP contribution in [0.1, 0.15) is 54.3 Å². The Bertz CT molecular complexity index is 921. The van der Waals surface area contributed by atoms with E-state index in [0.717, 1.165) is 31.2 Å². The molecule has 138 valence electrons. The Morgan fingerprint density at radius 2 is 1.81 bits per heavy atom. The summed E-state index contributed by atoms with van der Waals surface area (Å²) in [7, 11) is -3.26. The summed E-state index contributed by atoms with van der Waals surface area (Å²) in [6, 6.07) is 8.25. The van der Waals surface area contributed by atoms with Crippen LogP contribution in [0.5, 0.6) is 0 Å². The molecule has 1 aliphatic rings. The van der Waals surface area contributed by atoms with E-state index in [1.165, 1.54) is 6.26 Å². The fourth-order valence-corrected chi connectivity index (χ4v) is 5.01. The smallest absolute Gasteiger partial charge is 0.274 e. The van der Waals surface area contributed by atoms with Gasteiger partial charge in [-0.05, 0) is 50.5 Å². The van der Waals surface area contributed by atoms with Crippen LogP contribution in [0.4, 0.5) is 0 Å². The molecule has 0 spiro atoms. The van der Waals surface area contributed by atoms with Gasteiger partial charge >= 0.3 is 0 Å². The van der Waals surface area contributed by atoms with Gasteiger partial charge in [-0.2, -0.15) is 5.10 Å². The highest BCUT2D eigenvalue weighted by molar-refractivity contribution is 7.92. The Hall–Kier alpha value is -2.41. The van der Waals surface area contributed by atoms with Gasteiger partial charge in [0.05, 0.1) is 27.7 Å². The first-order valence-electron chi connectivity index (χ1n) is 8.62. The van der Waals surface area contributed by atoms with Gasteiger partial charge in [0.2, 0.25) is 0 Å². The number of furan rings is 1. The second kappa shape index (κ2) is 7.45. The van der Waals surface area contributed by atoms with Gasteiger partial charge in [-0.3, -0.25) is 4.79 Å². The molecule has 0 bridgehead atoms. The average Bonchev–Trinajstić information content (AvgIpc) is 3.31. The van der Waals surface area contributed by atoms with Crippen molar-refractivity contribution >= 4 is 21.5 Å². The van der Waals surface area contributed by atoms with Crippen molar-refractivity contribution in [2.45, 2.75) is 49.7 Å². The standard InChI is InChI=1S/C19H22N2O4S/c1-13(20-21-19(22)18-11-12-25-14(18)2)15-7-9-17(10-8-15)26(23,24)16-5-3-4-6-16/h7-12,16H,3-6H2,1-2H3,(H,21,22). The molecule has 0 radical (unpaired) electrons. The van der Waals surface area contributed by atoms with E-state index in [1.807, 2.05) is 0 Å². The van der Waals surface area contributed by atoms with Gasteiger partial charge in [0, 0.05) is 0 Å². The van der Waals surface area contributed by atoms with E-state index in [0.29, 0.717) is 21.9 Å². The van der Waals surface area contributed by atoms with Gasteiger partial charge in [-0.25, -0.2) is 13.8 Å². The van der Waals surface area contributed by atoms with E-state index in [-0.39, 0.29) is 11.2 Å². The predicted molar refractivity (Wildman–Crippen MR) is 99.0 cm³/mol. The lowest BCUT2D eigenvalue weighted by Crippen LogP contribution is -2.20. The van der Waals surface area contributed by atoms with Crippen molar-refractivity contribution in [3.8, 4) is 0 Å². The monoisotopic (exact) mass is 374 g/mol. The van der Waals surface area contributed by atoms with Crippen LogP contribution < -0.4 is 5.43 Å². The molecule has 0 atom stereocenters. The average molecular weight is 374 g/mol. The Labute approximate surface area is 153 Å². The van der Waals surface area contributed by atoms with Gasteiger partial charge < -0.3 is 4.42 Å². The highest BCUT2D eigenvalue weighted by Gasteiger charge is 2.30. The molecule has 1 aromatic heterocycles. The van der Waals surface area contributed by atoms with Crippen LogP contribution in [0.2, 0.25) is 0 Å². The molecular formula is C19H22N2O4S. The Morgan fingerprint density at radius 3 is 2.38 bits per heavy atom. The van der Waals surface area contributed by atoms with Crippen LogP contribution in [0.15, 0.2) is 51.0 Å². The lowest BCUT2D eigenvalue weighted by Gasteiger charge is -2.11. The number of aryl methyl sites for hydroxylation is 1. The van der Waals surface area contributed by atoms with E-state index in [4.69, 9.17) is 4.42 Å². The summed E-state index contributed by atoms with van der Waals surface area (Å²) in [5.41, 5.74) is 4.25. The van der Waals surface area contributed by atoms with Gasteiger partial charge in [0.25, 0.3) is 5.91 Å². The molecule has 6 nitrogen and oxygen atoms in total. The third-order valence-corrected chi connectivity index (χ3v) is 7.05. The molecule has 3 rings (SSSR count). The number of nitrogens with one attached hydrogen (secondary N) is 1. The third-order valence-electron chi connectivity index (χ3n) is 4.77. The highest BCUT2D eigenvalue weighted by atomic mass is 32.2. The van der Waals surface area contributed by atoms with Gasteiger partial charge in [-0.15, -0.1) is 0 Å². The molecule has 7 heteroatoms. The van der Waals surface area contributed by atoms with E-state index >= 15 is 0 Å². The quantitative estimate of drug-likeness (QED) is 0.641. The molecule has 0 saturated heterocycles. The number of amides is 1. The zero-order chi connectivity index (χ0) is 18.7. The topological polar surface area (TPSA) is 88.7 Å². The van der Waals surface area contributed by atoms with Crippen molar-refractivity contribution in [2.24, 2.45) is 5.10 Å². The van der Waals surface area contributed by atoms with E-state index in [2.05, 4.69) is 10.5 Å². The molecule has 1 fully saturated rings. The molecule has 1 heterocycles. The number of hydrogen-bond donors (Lipinski definition) is 1. The normalized spacial score (nSPS) is 16.0. The maximum Gasteiger partial charge on any atom is 0.274 e. The number of carbonyl (C=O) groups is 1. The lowest BCUT2D eigenvalue weighted by atomic mass is 10.1. The molecule has 1 saturated carbocycles. The maximum atomic E-state index is 12.6. The first-order valence-corrected chi connectivity index (χ1v) is 10.2. The van der Waals surface area contributed by atoms with Crippen LogP contribution in [0.25, 0.3) is 0 Å². The van der Waals surface area contributed by atoms with Crippen molar-refractivity contribution in [1.82, 2.24) is 5.43 Å².